The molecular weight excluding hydrogens is 323 g/mol. The number of aliphatic hydroxyl groups is 1. The van der Waals surface area contributed by atoms with Gasteiger partial charge in [-0.15, -0.1) is 0 Å². The van der Waals surface area contributed by atoms with Crippen LogP contribution in [-0.4, -0.2) is 11.7 Å². The Kier molecular flexibility index (Phi) is 4.72. The largest absolute Gasteiger partial charge is 0.387 e. The van der Waals surface area contributed by atoms with E-state index >= 15 is 0 Å². The fourth-order valence-electron chi connectivity index (χ4n) is 1.77. The standard InChI is InChI=1S/C15H12BrFN2O/c16-12-3-1-2-11(7-12)15(20)9-19-14-5-4-10(8-18)6-13(14)17/h1-7,15,19-20H,9H2. The highest BCUT2D eigenvalue weighted by molar-refractivity contribution is 9.10. The lowest BCUT2D eigenvalue weighted by atomic mass is 10.1. The maximum absolute atomic E-state index is 13.7. The quantitative estimate of drug-likeness (QED) is 0.898. The number of nitriles is 1. The van der Waals surface area contributed by atoms with Gasteiger partial charge < -0.3 is 10.4 Å². The van der Waals surface area contributed by atoms with Crippen LogP contribution in [0.1, 0.15) is 17.2 Å². The molecule has 0 aliphatic carbocycles. The highest BCUT2D eigenvalue weighted by Crippen LogP contribution is 2.20. The number of nitrogens with one attached hydrogen (secondary N) is 1. The second kappa shape index (κ2) is 6.51. The molecule has 0 amide bonds. The van der Waals surface area contributed by atoms with E-state index in [0.29, 0.717) is 0 Å². The summed E-state index contributed by atoms with van der Waals surface area (Å²) >= 11 is 3.33. The molecule has 0 saturated carbocycles. The maximum Gasteiger partial charge on any atom is 0.147 e. The number of hydrogen-bond acceptors (Lipinski definition) is 3. The fraction of sp³-hybridized carbons (Fsp3) is 0.133. The Labute approximate surface area is 124 Å². The Hall–Kier alpha value is -1.90. The lowest BCUT2D eigenvalue weighted by Gasteiger charge is -2.14. The van der Waals surface area contributed by atoms with Crippen molar-refractivity contribution in [1.29, 1.82) is 5.26 Å². The summed E-state index contributed by atoms with van der Waals surface area (Å²) in [4.78, 5) is 0. The van der Waals surface area contributed by atoms with Crippen molar-refractivity contribution in [3.8, 4) is 6.07 Å². The molecule has 0 fully saturated rings. The number of anilines is 1. The van der Waals surface area contributed by atoms with Crippen molar-refractivity contribution in [2.24, 2.45) is 0 Å². The van der Waals surface area contributed by atoms with Crippen molar-refractivity contribution in [3.05, 3.63) is 63.9 Å². The molecule has 3 nitrogen and oxygen atoms in total. The summed E-state index contributed by atoms with van der Waals surface area (Å²) in [5, 5.41) is 21.5. The molecule has 0 spiro atoms. The van der Waals surface area contributed by atoms with Crippen LogP contribution in [0.3, 0.4) is 0 Å². The normalized spacial score (nSPS) is 11.7. The molecule has 102 valence electrons. The first-order valence-corrected chi connectivity index (χ1v) is 6.76. The Morgan fingerprint density at radius 1 is 1.30 bits per heavy atom. The molecule has 2 aromatic rings. The van der Waals surface area contributed by atoms with Crippen molar-refractivity contribution >= 4 is 21.6 Å². The molecule has 1 atom stereocenters. The van der Waals surface area contributed by atoms with Gasteiger partial charge in [0, 0.05) is 11.0 Å². The SMILES string of the molecule is N#Cc1ccc(NCC(O)c2cccc(Br)c2)c(F)c1. The van der Waals surface area contributed by atoms with Gasteiger partial charge >= 0.3 is 0 Å². The molecule has 0 heterocycles. The number of rotatable bonds is 4. The third kappa shape index (κ3) is 3.56. The summed E-state index contributed by atoms with van der Waals surface area (Å²) in [6.07, 6.45) is -0.748. The number of halogens is 2. The van der Waals surface area contributed by atoms with E-state index in [9.17, 15) is 9.50 Å². The van der Waals surface area contributed by atoms with Crippen LogP contribution in [0, 0.1) is 17.1 Å². The summed E-state index contributed by atoms with van der Waals surface area (Å²) < 4.78 is 14.5. The minimum Gasteiger partial charge on any atom is -0.387 e. The first-order chi connectivity index (χ1) is 9.60. The van der Waals surface area contributed by atoms with Crippen LogP contribution in [0.4, 0.5) is 10.1 Å². The molecule has 0 aliphatic heterocycles. The van der Waals surface area contributed by atoms with Gasteiger partial charge in [-0.25, -0.2) is 4.39 Å². The van der Waals surface area contributed by atoms with E-state index < -0.39 is 11.9 Å². The smallest absolute Gasteiger partial charge is 0.147 e. The molecular formula is C15H12BrFN2O. The molecule has 2 rings (SSSR count). The zero-order chi connectivity index (χ0) is 14.5. The number of aliphatic hydroxyl groups excluding tert-OH is 1. The summed E-state index contributed by atoms with van der Waals surface area (Å²) in [7, 11) is 0. The van der Waals surface area contributed by atoms with Crippen molar-refractivity contribution < 1.29 is 9.50 Å². The van der Waals surface area contributed by atoms with E-state index in [4.69, 9.17) is 5.26 Å². The molecule has 5 heteroatoms. The lowest BCUT2D eigenvalue weighted by molar-refractivity contribution is 0.191. The van der Waals surface area contributed by atoms with E-state index in [1.165, 1.54) is 12.1 Å². The summed E-state index contributed by atoms with van der Waals surface area (Å²) in [6.45, 7) is 0.180. The highest BCUT2D eigenvalue weighted by atomic mass is 79.9. The molecule has 0 aromatic heterocycles. The molecule has 0 bridgehead atoms. The van der Waals surface area contributed by atoms with Gasteiger partial charge in [0.2, 0.25) is 0 Å². The zero-order valence-corrected chi connectivity index (χ0v) is 12.1. The third-order valence-electron chi connectivity index (χ3n) is 2.82. The number of nitrogens with zero attached hydrogens (tertiary/aromatic N) is 1. The van der Waals surface area contributed by atoms with Gasteiger partial charge in [0.05, 0.1) is 23.4 Å². The van der Waals surface area contributed by atoms with E-state index in [1.54, 1.807) is 6.07 Å². The predicted molar refractivity (Wildman–Crippen MR) is 78.7 cm³/mol. The highest BCUT2D eigenvalue weighted by Gasteiger charge is 2.09. The van der Waals surface area contributed by atoms with Crippen LogP contribution in [0.5, 0.6) is 0 Å². The van der Waals surface area contributed by atoms with Crippen LogP contribution in [0.25, 0.3) is 0 Å². The van der Waals surface area contributed by atoms with E-state index in [-0.39, 0.29) is 17.8 Å². The van der Waals surface area contributed by atoms with Gasteiger partial charge in [-0.2, -0.15) is 5.26 Å². The van der Waals surface area contributed by atoms with Gasteiger partial charge in [0.15, 0.2) is 0 Å². The van der Waals surface area contributed by atoms with E-state index in [0.717, 1.165) is 16.1 Å². The Morgan fingerprint density at radius 2 is 2.10 bits per heavy atom. The van der Waals surface area contributed by atoms with Crippen LogP contribution < -0.4 is 5.32 Å². The lowest BCUT2D eigenvalue weighted by Crippen LogP contribution is -2.13. The third-order valence-corrected chi connectivity index (χ3v) is 3.31. The minimum absolute atomic E-state index is 0.180. The summed E-state index contributed by atoms with van der Waals surface area (Å²) in [5.74, 6) is -0.509. The topological polar surface area (TPSA) is 56.0 Å². The fourth-order valence-corrected chi connectivity index (χ4v) is 2.18. The van der Waals surface area contributed by atoms with Gasteiger partial charge in [0.1, 0.15) is 5.82 Å². The molecule has 0 radical (unpaired) electrons. The first kappa shape index (κ1) is 14.5. The van der Waals surface area contributed by atoms with Gasteiger partial charge in [0.25, 0.3) is 0 Å². The van der Waals surface area contributed by atoms with Crippen molar-refractivity contribution in [3.63, 3.8) is 0 Å². The molecule has 2 N–H and O–H groups in total. The molecule has 0 aliphatic rings. The van der Waals surface area contributed by atoms with Gasteiger partial charge in [-0.05, 0) is 35.9 Å². The van der Waals surface area contributed by atoms with E-state index in [1.807, 2.05) is 24.3 Å². The van der Waals surface area contributed by atoms with Crippen LogP contribution in [0.15, 0.2) is 46.9 Å². The van der Waals surface area contributed by atoms with E-state index in [2.05, 4.69) is 21.2 Å². The summed E-state index contributed by atoms with van der Waals surface area (Å²) in [6, 6.07) is 13.3. The second-order valence-electron chi connectivity index (χ2n) is 4.26. The molecule has 1 unspecified atom stereocenters. The van der Waals surface area contributed by atoms with Crippen molar-refractivity contribution in [2.75, 3.05) is 11.9 Å². The average molecular weight is 335 g/mol. The van der Waals surface area contributed by atoms with Gasteiger partial charge in [-0.1, -0.05) is 28.1 Å². The van der Waals surface area contributed by atoms with Crippen molar-refractivity contribution in [1.82, 2.24) is 0 Å². The number of benzene rings is 2. The first-order valence-electron chi connectivity index (χ1n) is 5.97. The molecule has 20 heavy (non-hydrogen) atoms. The minimum atomic E-state index is -0.748. The van der Waals surface area contributed by atoms with Crippen LogP contribution in [0.2, 0.25) is 0 Å². The monoisotopic (exact) mass is 334 g/mol. The van der Waals surface area contributed by atoms with Crippen molar-refractivity contribution in [2.45, 2.75) is 6.10 Å². The Morgan fingerprint density at radius 3 is 2.75 bits per heavy atom. The molecule has 0 saturated heterocycles. The maximum atomic E-state index is 13.7. The summed E-state index contributed by atoms with van der Waals surface area (Å²) in [5.41, 5.74) is 1.26. The number of hydrogen-bond donors (Lipinski definition) is 2. The zero-order valence-electron chi connectivity index (χ0n) is 10.5. The van der Waals surface area contributed by atoms with Gasteiger partial charge in [-0.3, -0.25) is 0 Å². The predicted octanol–water partition coefficient (Wildman–Crippen LogP) is 3.61. The van der Waals surface area contributed by atoms with Crippen LogP contribution >= 0.6 is 15.9 Å². The molecule has 2 aromatic carbocycles. The average Bonchev–Trinajstić information content (AvgIpc) is 2.45. The van der Waals surface area contributed by atoms with Crippen LogP contribution in [-0.2, 0) is 0 Å². The Balaban J connectivity index is 2.04. The Bertz CT molecular complexity index is 655. The second-order valence-corrected chi connectivity index (χ2v) is 5.17.